The molecule has 0 spiro atoms. The van der Waals surface area contributed by atoms with Gasteiger partial charge in [-0.1, -0.05) is 23.7 Å². The van der Waals surface area contributed by atoms with Crippen molar-refractivity contribution in [1.29, 1.82) is 0 Å². The molecule has 1 aromatic heterocycles. The van der Waals surface area contributed by atoms with Gasteiger partial charge >= 0.3 is 0 Å². The number of benzene rings is 1. The van der Waals surface area contributed by atoms with Gasteiger partial charge in [-0.05, 0) is 42.5 Å². The molecule has 130 valence electrons. The quantitative estimate of drug-likeness (QED) is 0.788. The van der Waals surface area contributed by atoms with Crippen LogP contribution in [-0.2, 0) is 14.8 Å². The minimum Gasteiger partial charge on any atom is -0.325 e. The van der Waals surface area contributed by atoms with Crippen LogP contribution in [0.2, 0.25) is 5.02 Å². The van der Waals surface area contributed by atoms with E-state index in [0.29, 0.717) is 21.3 Å². The first-order chi connectivity index (χ1) is 11.3. The Balaban J connectivity index is 1.84. The average molecular weight is 387 g/mol. The molecule has 1 aromatic carbocycles. The van der Waals surface area contributed by atoms with Gasteiger partial charge in [0.25, 0.3) is 10.0 Å². The van der Waals surface area contributed by atoms with Crippen molar-refractivity contribution in [2.24, 2.45) is 0 Å². The minimum absolute atomic E-state index is 0.192. The zero-order valence-electron chi connectivity index (χ0n) is 13.5. The van der Waals surface area contributed by atoms with Crippen LogP contribution in [0.5, 0.6) is 0 Å². The molecule has 1 amide bonds. The normalized spacial score (nSPS) is 11.7. The zero-order chi connectivity index (χ0) is 17.7. The molecule has 8 heteroatoms. The number of hydrogen-bond acceptors (Lipinski definition) is 4. The second-order valence-corrected chi connectivity index (χ2v) is 9.02. The summed E-state index contributed by atoms with van der Waals surface area (Å²) < 4.78 is 26.1. The van der Waals surface area contributed by atoms with Gasteiger partial charge in [0.2, 0.25) is 5.91 Å². The van der Waals surface area contributed by atoms with Crippen LogP contribution in [0.4, 0.5) is 5.69 Å². The van der Waals surface area contributed by atoms with Crippen molar-refractivity contribution < 1.29 is 13.2 Å². The summed E-state index contributed by atoms with van der Waals surface area (Å²) in [5.74, 6) is -0.192. The van der Waals surface area contributed by atoms with E-state index < -0.39 is 10.0 Å². The number of anilines is 1. The van der Waals surface area contributed by atoms with Crippen LogP contribution in [0.1, 0.15) is 18.4 Å². The Hall–Kier alpha value is -1.41. The number of nitrogens with zero attached hydrogens (tertiary/aromatic N) is 1. The van der Waals surface area contributed by atoms with Crippen LogP contribution in [0.3, 0.4) is 0 Å². The maximum absolute atomic E-state index is 12.3. The van der Waals surface area contributed by atoms with Crippen molar-refractivity contribution in [1.82, 2.24) is 4.31 Å². The fourth-order valence-corrected chi connectivity index (χ4v) is 4.77. The van der Waals surface area contributed by atoms with Crippen LogP contribution in [0.15, 0.2) is 39.9 Å². The van der Waals surface area contributed by atoms with Crippen LogP contribution in [0, 0.1) is 6.92 Å². The van der Waals surface area contributed by atoms with Crippen LogP contribution in [-0.4, -0.2) is 32.2 Å². The van der Waals surface area contributed by atoms with E-state index in [-0.39, 0.29) is 18.9 Å². The van der Waals surface area contributed by atoms with Crippen molar-refractivity contribution in [3.8, 4) is 0 Å². The molecule has 0 atom stereocenters. The molecule has 24 heavy (non-hydrogen) atoms. The first-order valence-corrected chi connectivity index (χ1v) is 10.1. The van der Waals surface area contributed by atoms with Gasteiger partial charge in [-0.15, -0.1) is 11.3 Å². The highest BCUT2D eigenvalue weighted by Gasteiger charge is 2.21. The zero-order valence-corrected chi connectivity index (χ0v) is 15.8. The molecule has 2 rings (SSSR count). The van der Waals surface area contributed by atoms with Gasteiger partial charge in [-0.25, -0.2) is 12.7 Å². The summed E-state index contributed by atoms with van der Waals surface area (Å²) in [4.78, 5) is 12.0. The van der Waals surface area contributed by atoms with Crippen LogP contribution in [0.25, 0.3) is 0 Å². The Bertz CT molecular complexity index is 805. The third-order valence-electron chi connectivity index (χ3n) is 3.44. The number of aryl methyl sites for hydroxylation is 1. The van der Waals surface area contributed by atoms with E-state index in [9.17, 15) is 13.2 Å². The number of halogens is 1. The lowest BCUT2D eigenvalue weighted by Gasteiger charge is -2.15. The molecular formula is C16H19ClN2O3S2. The summed E-state index contributed by atoms with van der Waals surface area (Å²) >= 11 is 7.25. The second kappa shape index (κ2) is 8.11. The van der Waals surface area contributed by atoms with E-state index in [1.165, 1.54) is 22.7 Å². The number of carbonyl (C=O) groups is 1. The maximum Gasteiger partial charge on any atom is 0.252 e. The monoisotopic (exact) mass is 386 g/mol. The number of rotatable bonds is 7. The van der Waals surface area contributed by atoms with Crippen molar-refractivity contribution in [3.05, 3.63) is 46.3 Å². The van der Waals surface area contributed by atoms with Crippen molar-refractivity contribution in [3.63, 3.8) is 0 Å². The van der Waals surface area contributed by atoms with Gasteiger partial charge in [0.15, 0.2) is 0 Å². The molecular weight excluding hydrogens is 368 g/mol. The predicted octanol–water partition coefficient (Wildman–Crippen LogP) is 3.75. The van der Waals surface area contributed by atoms with E-state index in [0.717, 1.165) is 5.56 Å². The minimum atomic E-state index is -3.46. The standard InChI is InChI=1S/C16H19ClN2O3S2/c1-12-7-8-14(13(17)11-12)18-15(20)5-3-9-19(2)24(21,22)16-6-4-10-23-16/h4,6-8,10-11H,3,5,9H2,1-2H3,(H,18,20). The molecule has 0 fully saturated rings. The van der Waals surface area contributed by atoms with E-state index in [1.807, 2.05) is 13.0 Å². The van der Waals surface area contributed by atoms with Gasteiger partial charge in [-0.2, -0.15) is 0 Å². The Morgan fingerprint density at radius 1 is 1.33 bits per heavy atom. The highest BCUT2D eigenvalue weighted by Crippen LogP contribution is 2.23. The predicted molar refractivity (Wildman–Crippen MR) is 98.2 cm³/mol. The lowest BCUT2D eigenvalue weighted by atomic mass is 10.2. The number of carbonyl (C=O) groups excluding carboxylic acids is 1. The van der Waals surface area contributed by atoms with Gasteiger partial charge in [0.1, 0.15) is 4.21 Å². The highest BCUT2D eigenvalue weighted by molar-refractivity contribution is 7.91. The summed E-state index contributed by atoms with van der Waals surface area (Å²) in [6.07, 6.45) is 0.644. The summed E-state index contributed by atoms with van der Waals surface area (Å²) in [5, 5.41) is 4.95. The smallest absolute Gasteiger partial charge is 0.252 e. The number of sulfonamides is 1. The largest absolute Gasteiger partial charge is 0.325 e. The lowest BCUT2D eigenvalue weighted by Crippen LogP contribution is -2.28. The fraction of sp³-hybridized carbons (Fsp3) is 0.312. The van der Waals surface area contributed by atoms with Gasteiger partial charge in [0.05, 0.1) is 10.7 Å². The molecule has 0 radical (unpaired) electrons. The summed E-state index contributed by atoms with van der Waals surface area (Å²) in [7, 11) is -1.95. The molecule has 0 saturated carbocycles. The number of thiophene rings is 1. The van der Waals surface area contributed by atoms with E-state index in [1.54, 1.807) is 29.6 Å². The SMILES string of the molecule is Cc1ccc(NC(=O)CCCN(C)S(=O)(=O)c2cccs2)c(Cl)c1. The van der Waals surface area contributed by atoms with Crippen LogP contribution < -0.4 is 5.32 Å². The molecule has 2 aromatic rings. The molecule has 1 N–H and O–H groups in total. The van der Waals surface area contributed by atoms with E-state index in [2.05, 4.69) is 5.32 Å². The molecule has 0 aliphatic heterocycles. The Kier molecular flexibility index (Phi) is 6.40. The summed E-state index contributed by atoms with van der Waals surface area (Å²) in [6, 6.07) is 8.66. The van der Waals surface area contributed by atoms with E-state index in [4.69, 9.17) is 11.6 Å². The highest BCUT2D eigenvalue weighted by atomic mass is 35.5. The summed E-state index contributed by atoms with van der Waals surface area (Å²) in [6.45, 7) is 2.19. The van der Waals surface area contributed by atoms with Crippen LogP contribution >= 0.6 is 22.9 Å². The Labute approximate surface area is 151 Å². The molecule has 0 unspecified atom stereocenters. The maximum atomic E-state index is 12.3. The number of nitrogens with one attached hydrogen (secondary N) is 1. The second-order valence-electron chi connectivity index (χ2n) is 5.39. The molecule has 0 saturated heterocycles. The molecule has 0 aliphatic rings. The molecule has 0 aliphatic carbocycles. The average Bonchev–Trinajstić information content (AvgIpc) is 3.05. The topological polar surface area (TPSA) is 66.5 Å². The van der Waals surface area contributed by atoms with Crippen molar-refractivity contribution in [2.45, 2.75) is 24.0 Å². The number of hydrogen-bond donors (Lipinski definition) is 1. The van der Waals surface area contributed by atoms with Gasteiger partial charge in [0, 0.05) is 20.0 Å². The third-order valence-corrected chi connectivity index (χ3v) is 6.98. The first-order valence-electron chi connectivity index (χ1n) is 7.36. The van der Waals surface area contributed by atoms with Crippen molar-refractivity contribution >= 4 is 44.6 Å². The molecule has 0 bridgehead atoms. The Morgan fingerprint density at radius 2 is 2.08 bits per heavy atom. The first kappa shape index (κ1) is 18.9. The molecule has 5 nitrogen and oxygen atoms in total. The van der Waals surface area contributed by atoms with Gasteiger partial charge < -0.3 is 5.32 Å². The summed E-state index contributed by atoms with van der Waals surface area (Å²) in [5.41, 5.74) is 1.57. The fourth-order valence-electron chi connectivity index (χ4n) is 2.08. The molecule has 1 heterocycles. The van der Waals surface area contributed by atoms with Gasteiger partial charge in [-0.3, -0.25) is 4.79 Å². The number of amides is 1. The lowest BCUT2D eigenvalue weighted by molar-refractivity contribution is -0.116. The van der Waals surface area contributed by atoms with Crippen molar-refractivity contribution in [2.75, 3.05) is 18.9 Å². The third kappa shape index (κ3) is 4.80. The van der Waals surface area contributed by atoms with E-state index >= 15 is 0 Å². The Morgan fingerprint density at radius 3 is 2.71 bits per heavy atom.